The van der Waals surface area contributed by atoms with E-state index in [0.717, 1.165) is 11.1 Å². The Labute approximate surface area is 119 Å². The van der Waals surface area contributed by atoms with Gasteiger partial charge in [0.1, 0.15) is 0 Å². The monoisotopic (exact) mass is 266 g/mol. The Morgan fingerprint density at radius 3 is 1.35 bits per heavy atom. The zero-order chi connectivity index (χ0) is 15.2. The van der Waals surface area contributed by atoms with Crippen LogP contribution in [0.5, 0.6) is 0 Å². The summed E-state index contributed by atoms with van der Waals surface area (Å²) in [6.45, 7) is 14.9. The van der Waals surface area contributed by atoms with Gasteiger partial charge in [-0.25, -0.2) is 0 Å². The van der Waals surface area contributed by atoms with Crippen molar-refractivity contribution in [1.29, 1.82) is 0 Å². The number of hydrogen-bond acceptors (Lipinski definition) is 2. The Morgan fingerprint density at radius 1 is 0.800 bits per heavy atom. The number of allylic oxidation sites excluding steroid dienone is 4. The molecular formula is C18H18O2. The summed E-state index contributed by atoms with van der Waals surface area (Å²) in [7, 11) is 0. The standard InChI is InChI=1S/C18H18O2/c1-9(2)13-14(10(3)4)18(20)16-12(6)8-7-11(5)15(16)17(13)19/h7-8H,1,3H2,2,4-6H3. The number of fused-ring (bicyclic) bond motifs is 1. The summed E-state index contributed by atoms with van der Waals surface area (Å²) in [5.74, 6) is -0.238. The lowest BCUT2D eigenvalue weighted by molar-refractivity contribution is 0.0977. The van der Waals surface area contributed by atoms with Crippen molar-refractivity contribution in [1.82, 2.24) is 0 Å². The predicted octanol–water partition coefficient (Wildman–Crippen LogP) is 4.13. The molecule has 0 radical (unpaired) electrons. The number of carbonyl (C=O) groups is 2. The van der Waals surface area contributed by atoms with E-state index >= 15 is 0 Å². The van der Waals surface area contributed by atoms with E-state index in [1.807, 2.05) is 26.0 Å². The van der Waals surface area contributed by atoms with E-state index < -0.39 is 0 Å². The zero-order valence-electron chi connectivity index (χ0n) is 12.4. The van der Waals surface area contributed by atoms with E-state index in [2.05, 4.69) is 13.2 Å². The third-order valence-electron chi connectivity index (χ3n) is 3.63. The SMILES string of the molecule is C=C(C)C1=C(C(=C)C)C(=O)c2c(C)ccc(C)c2C1=O. The lowest BCUT2D eigenvalue weighted by Crippen LogP contribution is -2.25. The van der Waals surface area contributed by atoms with Crippen LogP contribution in [-0.4, -0.2) is 11.6 Å². The predicted molar refractivity (Wildman–Crippen MR) is 81.2 cm³/mol. The molecule has 2 rings (SSSR count). The van der Waals surface area contributed by atoms with E-state index in [4.69, 9.17) is 0 Å². The second-order valence-electron chi connectivity index (χ2n) is 5.42. The Balaban J connectivity index is 2.91. The molecule has 2 nitrogen and oxygen atoms in total. The van der Waals surface area contributed by atoms with Gasteiger partial charge in [-0.1, -0.05) is 25.3 Å². The molecule has 0 saturated heterocycles. The molecule has 0 aliphatic heterocycles. The summed E-state index contributed by atoms with van der Waals surface area (Å²) >= 11 is 0. The number of Topliss-reactive ketones (excluding diaryl/α,β-unsaturated/α-hetero) is 2. The topological polar surface area (TPSA) is 34.1 Å². The van der Waals surface area contributed by atoms with Crippen molar-refractivity contribution >= 4 is 11.6 Å². The van der Waals surface area contributed by atoms with Crippen LogP contribution in [-0.2, 0) is 0 Å². The van der Waals surface area contributed by atoms with Gasteiger partial charge in [0.05, 0.1) is 0 Å². The molecule has 1 aromatic carbocycles. The van der Waals surface area contributed by atoms with E-state index in [-0.39, 0.29) is 11.6 Å². The molecular weight excluding hydrogens is 248 g/mol. The van der Waals surface area contributed by atoms with Gasteiger partial charge >= 0.3 is 0 Å². The van der Waals surface area contributed by atoms with Gasteiger partial charge in [-0.3, -0.25) is 9.59 Å². The molecule has 0 fully saturated rings. The number of aryl methyl sites for hydroxylation is 2. The van der Waals surface area contributed by atoms with Crippen LogP contribution >= 0.6 is 0 Å². The van der Waals surface area contributed by atoms with Gasteiger partial charge in [-0.2, -0.15) is 0 Å². The van der Waals surface area contributed by atoms with Crippen molar-refractivity contribution in [3.05, 3.63) is 69.8 Å². The first kappa shape index (κ1) is 14.2. The van der Waals surface area contributed by atoms with Crippen LogP contribution in [0.3, 0.4) is 0 Å². The average molecular weight is 266 g/mol. The van der Waals surface area contributed by atoms with Gasteiger partial charge in [-0.15, -0.1) is 0 Å². The third kappa shape index (κ3) is 1.88. The largest absolute Gasteiger partial charge is 0.289 e. The summed E-state index contributed by atoms with van der Waals surface area (Å²) in [4.78, 5) is 25.6. The molecule has 0 unspecified atom stereocenters. The van der Waals surface area contributed by atoms with Crippen molar-refractivity contribution in [2.45, 2.75) is 27.7 Å². The lowest BCUT2D eigenvalue weighted by atomic mass is 9.76. The van der Waals surface area contributed by atoms with Crippen molar-refractivity contribution in [3.8, 4) is 0 Å². The fourth-order valence-corrected chi connectivity index (χ4v) is 2.69. The van der Waals surface area contributed by atoms with Crippen molar-refractivity contribution in [3.63, 3.8) is 0 Å². The molecule has 1 aromatic rings. The summed E-state index contributed by atoms with van der Waals surface area (Å²) in [6, 6.07) is 3.75. The Hall–Kier alpha value is -2.22. The van der Waals surface area contributed by atoms with Crippen LogP contribution in [0.2, 0.25) is 0 Å². The minimum Gasteiger partial charge on any atom is -0.289 e. The summed E-state index contributed by atoms with van der Waals surface area (Å²) in [6.07, 6.45) is 0. The highest BCUT2D eigenvalue weighted by Gasteiger charge is 2.34. The van der Waals surface area contributed by atoms with E-state index in [9.17, 15) is 9.59 Å². The minimum absolute atomic E-state index is 0.119. The van der Waals surface area contributed by atoms with Crippen LogP contribution < -0.4 is 0 Å². The fraction of sp³-hybridized carbons (Fsp3) is 0.222. The quantitative estimate of drug-likeness (QED) is 0.806. The molecule has 0 spiro atoms. The molecule has 0 amide bonds. The van der Waals surface area contributed by atoms with Crippen LogP contribution in [0.25, 0.3) is 0 Å². The van der Waals surface area contributed by atoms with Crippen LogP contribution in [0.4, 0.5) is 0 Å². The maximum absolute atomic E-state index is 12.8. The molecule has 102 valence electrons. The van der Waals surface area contributed by atoms with Gasteiger partial charge in [-0.05, 0) is 50.0 Å². The van der Waals surface area contributed by atoms with Crippen molar-refractivity contribution in [2.75, 3.05) is 0 Å². The second-order valence-corrected chi connectivity index (χ2v) is 5.42. The molecule has 0 aromatic heterocycles. The van der Waals surface area contributed by atoms with Crippen LogP contribution in [0.15, 0.2) is 47.6 Å². The average Bonchev–Trinajstić information content (AvgIpc) is 2.35. The Kier molecular flexibility index (Phi) is 3.34. The third-order valence-corrected chi connectivity index (χ3v) is 3.63. The zero-order valence-corrected chi connectivity index (χ0v) is 12.4. The molecule has 20 heavy (non-hydrogen) atoms. The maximum atomic E-state index is 12.8. The highest BCUT2D eigenvalue weighted by Crippen LogP contribution is 2.35. The van der Waals surface area contributed by atoms with Crippen molar-refractivity contribution in [2.24, 2.45) is 0 Å². The molecule has 0 N–H and O–H groups in total. The van der Waals surface area contributed by atoms with Gasteiger partial charge in [0.25, 0.3) is 0 Å². The second kappa shape index (κ2) is 4.71. The van der Waals surface area contributed by atoms with E-state index in [1.165, 1.54) is 0 Å². The number of carbonyl (C=O) groups excluding carboxylic acids is 2. The van der Waals surface area contributed by atoms with Gasteiger partial charge in [0.15, 0.2) is 11.6 Å². The fourth-order valence-electron chi connectivity index (χ4n) is 2.69. The van der Waals surface area contributed by atoms with Gasteiger partial charge < -0.3 is 0 Å². The first-order valence-corrected chi connectivity index (χ1v) is 6.53. The number of rotatable bonds is 2. The molecule has 1 aliphatic rings. The van der Waals surface area contributed by atoms with E-state index in [1.54, 1.807) is 13.8 Å². The highest BCUT2D eigenvalue weighted by molar-refractivity contribution is 6.30. The minimum atomic E-state index is -0.119. The number of hydrogen-bond donors (Lipinski definition) is 0. The molecule has 0 atom stereocenters. The first-order valence-electron chi connectivity index (χ1n) is 6.53. The normalized spacial score (nSPS) is 14.4. The molecule has 0 bridgehead atoms. The van der Waals surface area contributed by atoms with Crippen molar-refractivity contribution < 1.29 is 9.59 Å². The smallest absolute Gasteiger partial charge is 0.195 e. The first-order chi connectivity index (χ1) is 9.27. The summed E-state index contributed by atoms with van der Waals surface area (Å²) < 4.78 is 0. The van der Waals surface area contributed by atoms with Gasteiger partial charge in [0, 0.05) is 22.3 Å². The summed E-state index contributed by atoms with van der Waals surface area (Å²) in [5.41, 5.74) is 4.69. The summed E-state index contributed by atoms with van der Waals surface area (Å²) in [5, 5.41) is 0. The number of benzene rings is 1. The van der Waals surface area contributed by atoms with Crippen LogP contribution in [0, 0.1) is 13.8 Å². The lowest BCUT2D eigenvalue weighted by Gasteiger charge is -2.24. The molecule has 2 heteroatoms. The number of ketones is 2. The van der Waals surface area contributed by atoms with Gasteiger partial charge in [0.2, 0.25) is 0 Å². The Morgan fingerprint density at radius 2 is 1.10 bits per heavy atom. The molecule has 1 aliphatic carbocycles. The maximum Gasteiger partial charge on any atom is 0.195 e. The molecule has 0 saturated carbocycles. The van der Waals surface area contributed by atoms with Crippen LogP contribution in [0.1, 0.15) is 45.7 Å². The molecule has 0 heterocycles. The Bertz CT molecular complexity index is 654. The van der Waals surface area contributed by atoms with E-state index in [0.29, 0.717) is 33.4 Å². The highest BCUT2D eigenvalue weighted by atomic mass is 16.1.